The van der Waals surface area contributed by atoms with Gasteiger partial charge < -0.3 is 5.32 Å². The lowest BCUT2D eigenvalue weighted by Gasteiger charge is -2.22. The third-order valence-electron chi connectivity index (χ3n) is 3.59. The standard InChI is InChI=1S/C15H18N2/c1-3-13(11-16-7-1)9-12-5-6-15-14(10-12)4-2-8-17-15/h2,4-6,8,10,13,16H,1,3,7,9,11H2/t13-/m0/s1. The molecule has 1 aliphatic rings. The summed E-state index contributed by atoms with van der Waals surface area (Å²) in [6.07, 6.45) is 5.72. The maximum Gasteiger partial charge on any atom is 0.0702 e. The predicted octanol–water partition coefficient (Wildman–Crippen LogP) is 2.78. The SMILES string of the molecule is c1cnc2ccc(C[C@@H]3CCCNC3)cc2c1. The first kappa shape index (κ1) is 10.7. The van der Waals surface area contributed by atoms with Crippen molar-refractivity contribution in [2.45, 2.75) is 19.3 Å². The van der Waals surface area contributed by atoms with Crippen LogP contribution in [0, 0.1) is 5.92 Å². The summed E-state index contributed by atoms with van der Waals surface area (Å²) < 4.78 is 0. The van der Waals surface area contributed by atoms with Gasteiger partial charge in [-0.05, 0) is 62.0 Å². The Morgan fingerprint density at radius 1 is 1.29 bits per heavy atom. The van der Waals surface area contributed by atoms with Crippen molar-refractivity contribution in [2.75, 3.05) is 13.1 Å². The average molecular weight is 226 g/mol. The molecule has 0 saturated carbocycles. The minimum Gasteiger partial charge on any atom is -0.316 e. The fraction of sp³-hybridized carbons (Fsp3) is 0.400. The number of piperidine rings is 1. The number of aromatic nitrogens is 1. The van der Waals surface area contributed by atoms with Gasteiger partial charge in [-0.2, -0.15) is 0 Å². The Bertz CT molecular complexity index is 501. The number of nitrogens with one attached hydrogen (secondary N) is 1. The molecule has 1 aromatic heterocycles. The Balaban J connectivity index is 1.80. The van der Waals surface area contributed by atoms with E-state index >= 15 is 0 Å². The first-order chi connectivity index (χ1) is 8.42. The molecule has 2 nitrogen and oxygen atoms in total. The molecule has 2 heteroatoms. The highest BCUT2D eigenvalue weighted by atomic mass is 14.9. The van der Waals surface area contributed by atoms with E-state index < -0.39 is 0 Å². The number of hydrogen-bond acceptors (Lipinski definition) is 2. The van der Waals surface area contributed by atoms with E-state index in [0.717, 1.165) is 11.4 Å². The van der Waals surface area contributed by atoms with Crippen LogP contribution in [0.15, 0.2) is 36.5 Å². The van der Waals surface area contributed by atoms with E-state index in [4.69, 9.17) is 0 Å². The highest BCUT2D eigenvalue weighted by molar-refractivity contribution is 5.78. The van der Waals surface area contributed by atoms with Crippen LogP contribution in [-0.2, 0) is 6.42 Å². The molecule has 1 fully saturated rings. The fourth-order valence-corrected chi connectivity index (χ4v) is 2.68. The number of fused-ring (bicyclic) bond motifs is 1. The molecule has 0 bridgehead atoms. The van der Waals surface area contributed by atoms with Crippen LogP contribution >= 0.6 is 0 Å². The molecule has 1 saturated heterocycles. The van der Waals surface area contributed by atoms with Crippen molar-refractivity contribution in [3.8, 4) is 0 Å². The Morgan fingerprint density at radius 2 is 2.29 bits per heavy atom. The number of rotatable bonds is 2. The van der Waals surface area contributed by atoms with Gasteiger partial charge in [-0.1, -0.05) is 12.1 Å². The number of nitrogens with zero attached hydrogens (tertiary/aromatic N) is 1. The van der Waals surface area contributed by atoms with Gasteiger partial charge in [0, 0.05) is 11.6 Å². The summed E-state index contributed by atoms with van der Waals surface area (Å²) >= 11 is 0. The summed E-state index contributed by atoms with van der Waals surface area (Å²) in [5, 5.41) is 4.74. The van der Waals surface area contributed by atoms with Crippen LogP contribution in [0.1, 0.15) is 18.4 Å². The highest BCUT2D eigenvalue weighted by Gasteiger charge is 2.13. The first-order valence-corrected chi connectivity index (χ1v) is 6.46. The van der Waals surface area contributed by atoms with Crippen molar-refractivity contribution in [3.05, 3.63) is 42.1 Å². The van der Waals surface area contributed by atoms with Crippen LogP contribution in [0.25, 0.3) is 10.9 Å². The first-order valence-electron chi connectivity index (χ1n) is 6.46. The van der Waals surface area contributed by atoms with Crippen molar-refractivity contribution < 1.29 is 0 Å². The van der Waals surface area contributed by atoms with Crippen molar-refractivity contribution in [1.29, 1.82) is 0 Å². The molecule has 88 valence electrons. The number of benzene rings is 1. The quantitative estimate of drug-likeness (QED) is 0.851. The van der Waals surface area contributed by atoms with Gasteiger partial charge in [0.25, 0.3) is 0 Å². The fourth-order valence-electron chi connectivity index (χ4n) is 2.68. The molecule has 0 aliphatic carbocycles. The average Bonchev–Trinajstić information content (AvgIpc) is 2.40. The summed E-state index contributed by atoms with van der Waals surface area (Å²) in [6.45, 7) is 2.36. The highest BCUT2D eigenvalue weighted by Crippen LogP contribution is 2.19. The summed E-state index contributed by atoms with van der Waals surface area (Å²) in [5.41, 5.74) is 2.54. The summed E-state index contributed by atoms with van der Waals surface area (Å²) in [4.78, 5) is 4.36. The molecule has 2 aromatic rings. The van der Waals surface area contributed by atoms with Gasteiger partial charge in [-0.15, -0.1) is 0 Å². The third kappa shape index (κ3) is 2.47. The van der Waals surface area contributed by atoms with Gasteiger partial charge in [-0.3, -0.25) is 4.98 Å². The van der Waals surface area contributed by atoms with Gasteiger partial charge in [0.15, 0.2) is 0 Å². The molecule has 0 amide bonds. The van der Waals surface area contributed by atoms with Gasteiger partial charge in [0.05, 0.1) is 5.52 Å². The molecular formula is C15H18N2. The summed E-state index contributed by atoms with van der Waals surface area (Å²) in [7, 11) is 0. The molecule has 1 atom stereocenters. The van der Waals surface area contributed by atoms with E-state index in [0.29, 0.717) is 0 Å². The number of pyridine rings is 1. The lowest BCUT2D eigenvalue weighted by Crippen LogP contribution is -2.30. The molecule has 0 radical (unpaired) electrons. The minimum atomic E-state index is 0.804. The Morgan fingerprint density at radius 3 is 3.18 bits per heavy atom. The van der Waals surface area contributed by atoms with Crippen LogP contribution in [0.5, 0.6) is 0 Å². The van der Waals surface area contributed by atoms with Gasteiger partial charge in [0.2, 0.25) is 0 Å². The van der Waals surface area contributed by atoms with E-state index in [1.807, 2.05) is 12.3 Å². The van der Waals surface area contributed by atoms with Crippen molar-refractivity contribution in [2.24, 2.45) is 5.92 Å². The predicted molar refractivity (Wildman–Crippen MR) is 71.0 cm³/mol. The second kappa shape index (κ2) is 4.84. The van der Waals surface area contributed by atoms with E-state index in [1.54, 1.807) is 0 Å². The monoisotopic (exact) mass is 226 g/mol. The van der Waals surface area contributed by atoms with Gasteiger partial charge >= 0.3 is 0 Å². The van der Waals surface area contributed by atoms with E-state index in [-0.39, 0.29) is 0 Å². The van der Waals surface area contributed by atoms with Crippen LogP contribution in [-0.4, -0.2) is 18.1 Å². The Labute approximate surface area is 102 Å². The van der Waals surface area contributed by atoms with Crippen LogP contribution < -0.4 is 5.32 Å². The van der Waals surface area contributed by atoms with E-state index in [1.165, 1.54) is 43.3 Å². The van der Waals surface area contributed by atoms with Crippen LogP contribution in [0.3, 0.4) is 0 Å². The summed E-state index contributed by atoms with van der Waals surface area (Å²) in [5.74, 6) is 0.804. The Hall–Kier alpha value is -1.41. The summed E-state index contributed by atoms with van der Waals surface area (Å²) in [6, 6.07) is 10.8. The number of hydrogen-bond donors (Lipinski definition) is 1. The maximum absolute atomic E-state index is 4.36. The van der Waals surface area contributed by atoms with Gasteiger partial charge in [0.1, 0.15) is 0 Å². The molecule has 0 spiro atoms. The lowest BCUT2D eigenvalue weighted by atomic mass is 9.92. The van der Waals surface area contributed by atoms with E-state index in [2.05, 4.69) is 34.6 Å². The molecule has 3 rings (SSSR count). The van der Waals surface area contributed by atoms with Crippen molar-refractivity contribution in [3.63, 3.8) is 0 Å². The molecule has 1 aromatic carbocycles. The van der Waals surface area contributed by atoms with Crippen molar-refractivity contribution in [1.82, 2.24) is 10.3 Å². The molecule has 0 unspecified atom stereocenters. The van der Waals surface area contributed by atoms with Crippen LogP contribution in [0.4, 0.5) is 0 Å². The smallest absolute Gasteiger partial charge is 0.0702 e. The zero-order valence-corrected chi connectivity index (χ0v) is 10.0. The Kier molecular flexibility index (Phi) is 3.06. The molecular weight excluding hydrogens is 208 g/mol. The van der Waals surface area contributed by atoms with E-state index in [9.17, 15) is 0 Å². The second-order valence-electron chi connectivity index (χ2n) is 4.95. The largest absolute Gasteiger partial charge is 0.316 e. The third-order valence-corrected chi connectivity index (χ3v) is 3.59. The van der Waals surface area contributed by atoms with Crippen LogP contribution in [0.2, 0.25) is 0 Å². The zero-order chi connectivity index (χ0) is 11.5. The molecule has 2 heterocycles. The molecule has 17 heavy (non-hydrogen) atoms. The lowest BCUT2D eigenvalue weighted by molar-refractivity contribution is 0.376. The zero-order valence-electron chi connectivity index (χ0n) is 10.0. The van der Waals surface area contributed by atoms with Gasteiger partial charge in [-0.25, -0.2) is 0 Å². The topological polar surface area (TPSA) is 24.9 Å². The normalized spacial score (nSPS) is 20.6. The molecule has 1 aliphatic heterocycles. The second-order valence-corrected chi connectivity index (χ2v) is 4.95. The molecule has 1 N–H and O–H groups in total. The minimum absolute atomic E-state index is 0.804. The maximum atomic E-state index is 4.36. The van der Waals surface area contributed by atoms with Crippen molar-refractivity contribution >= 4 is 10.9 Å².